The van der Waals surface area contributed by atoms with Gasteiger partial charge in [-0.25, -0.2) is 0 Å². The number of nitrogens with two attached hydrogens (primary N) is 1. The monoisotopic (exact) mass is 230 g/mol. The average molecular weight is 230 g/mol. The Balaban J connectivity index is 1.62. The second kappa shape index (κ2) is 4.43. The fourth-order valence-corrected chi connectivity index (χ4v) is 3.50. The highest BCUT2D eigenvalue weighted by molar-refractivity contribution is 5.40. The molecule has 1 aliphatic heterocycles. The number of piperidine rings is 1. The highest BCUT2D eigenvalue weighted by atomic mass is 15.2. The van der Waals surface area contributed by atoms with Gasteiger partial charge < -0.3 is 10.6 Å². The summed E-state index contributed by atoms with van der Waals surface area (Å²) in [5.41, 5.74) is 9.22. The Hall–Kier alpha value is -0.860. The molecule has 0 amide bonds. The standard InChI is InChI=1S/C15H22N2/c1-11-6-14(16)10-17(8-11)9-13-7-12-4-2-3-5-15(12)13/h2-5,11,13-14H,6-10,16H2,1H3. The smallest absolute Gasteiger partial charge is 0.0170 e. The van der Waals surface area contributed by atoms with Crippen molar-refractivity contribution in [1.29, 1.82) is 0 Å². The summed E-state index contributed by atoms with van der Waals surface area (Å²) in [6.07, 6.45) is 2.45. The van der Waals surface area contributed by atoms with Crippen LogP contribution in [0.4, 0.5) is 0 Å². The van der Waals surface area contributed by atoms with Crippen LogP contribution in [0.3, 0.4) is 0 Å². The molecule has 17 heavy (non-hydrogen) atoms. The van der Waals surface area contributed by atoms with Gasteiger partial charge in [-0.3, -0.25) is 0 Å². The molecule has 1 aliphatic carbocycles. The molecule has 0 spiro atoms. The quantitative estimate of drug-likeness (QED) is 0.842. The first kappa shape index (κ1) is 11.2. The lowest BCUT2D eigenvalue weighted by Crippen LogP contribution is -2.48. The van der Waals surface area contributed by atoms with Crippen LogP contribution in [0.1, 0.15) is 30.4 Å². The van der Waals surface area contributed by atoms with E-state index in [2.05, 4.69) is 36.1 Å². The van der Waals surface area contributed by atoms with Gasteiger partial charge in [-0.1, -0.05) is 31.2 Å². The van der Waals surface area contributed by atoms with Crippen LogP contribution in [0.15, 0.2) is 24.3 Å². The van der Waals surface area contributed by atoms with Crippen LogP contribution in [0.5, 0.6) is 0 Å². The summed E-state index contributed by atoms with van der Waals surface area (Å²) in [5, 5.41) is 0. The Morgan fingerprint density at radius 1 is 1.29 bits per heavy atom. The Morgan fingerprint density at radius 3 is 2.88 bits per heavy atom. The predicted molar refractivity (Wildman–Crippen MR) is 71.1 cm³/mol. The van der Waals surface area contributed by atoms with Gasteiger partial charge in [0.25, 0.3) is 0 Å². The number of likely N-dealkylation sites (tertiary alicyclic amines) is 1. The summed E-state index contributed by atoms with van der Waals surface area (Å²) in [5.74, 6) is 1.51. The zero-order valence-corrected chi connectivity index (χ0v) is 10.6. The second-order valence-electron chi connectivity index (χ2n) is 5.92. The zero-order valence-electron chi connectivity index (χ0n) is 10.6. The first-order chi connectivity index (χ1) is 8.22. The van der Waals surface area contributed by atoms with Crippen LogP contribution in [0, 0.1) is 5.92 Å². The molecular formula is C15H22N2. The summed E-state index contributed by atoms with van der Waals surface area (Å²) in [6, 6.07) is 9.24. The molecule has 1 fully saturated rings. The SMILES string of the molecule is CC1CC(N)CN(CC2Cc3ccccc32)C1. The molecule has 0 radical (unpaired) electrons. The lowest BCUT2D eigenvalue weighted by molar-refractivity contribution is 0.153. The number of rotatable bonds is 2. The summed E-state index contributed by atoms with van der Waals surface area (Å²) < 4.78 is 0. The molecule has 92 valence electrons. The van der Waals surface area contributed by atoms with Crippen molar-refractivity contribution in [2.24, 2.45) is 11.7 Å². The molecule has 1 heterocycles. The molecule has 3 rings (SSSR count). The van der Waals surface area contributed by atoms with E-state index in [0.29, 0.717) is 6.04 Å². The highest BCUT2D eigenvalue weighted by Gasteiger charge is 2.30. The van der Waals surface area contributed by atoms with Gasteiger partial charge in [-0.15, -0.1) is 0 Å². The van der Waals surface area contributed by atoms with Crippen LogP contribution in [-0.4, -0.2) is 30.6 Å². The second-order valence-corrected chi connectivity index (χ2v) is 5.92. The van der Waals surface area contributed by atoms with Crippen LogP contribution < -0.4 is 5.73 Å². The van der Waals surface area contributed by atoms with Gasteiger partial charge in [-0.2, -0.15) is 0 Å². The molecule has 2 aliphatic rings. The van der Waals surface area contributed by atoms with E-state index in [-0.39, 0.29) is 0 Å². The minimum absolute atomic E-state index is 0.383. The molecule has 0 saturated carbocycles. The third kappa shape index (κ3) is 2.24. The topological polar surface area (TPSA) is 29.3 Å². The Kier molecular flexibility index (Phi) is 2.93. The number of fused-ring (bicyclic) bond motifs is 1. The number of hydrogen-bond donors (Lipinski definition) is 1. The van der Waals surface area contributed by atoms with Crippen molar-refractivity contribution in [3.8, 4) is 0 Å². The van der Waals surface area contributed by atoms with Gasteiger partial charge in [0, 0.05) is 31.6 Å². The Morgan fingerprint density at radius 2 is 2.12 bits per heavy atom. The van der Waals surface area contributed by atoms with Crippen molar-refractivity contribution in [2.45, 2.75) is 31.7 Å². The maximum absolute atomic E-state index is 6.10. The number of benzene rings is 1. The summed E-state index contributed by atoms with van der Waals surface area (Å²) >= 11 is 0. The zero-order chi connectivity index (χ0) is 11.8. The van der Waals surface area contributed by atoms with Crippen molar-refractivity contribution < 1.29 is 0 Å². The maximum atomic E-state index is 6.10. The van der Waals surface area contributed by atoms with E-state index in [1.165, 1.54) is 25.9 Å². The van der Waals surface area contributed by atoms with Crippen molar-refractivity contribution in [1.82, 2.24) is 4.90 Å². The molecule has 1 saturated heterocycles. The Labute approximate surface area is 104 Å². The van der Waals surface area contributed by atoms with Crippen LogP contribution in [-0.2, 0) is 6.42 Å². The van der Waals surface area contributed by atoms with E-state index < -0.39 is 0 Å². The van der Waals surface area contributed by atoms with Gasteiger partial charge in [-0.05, 0) is 29.9 Å². The number of hydrogen-bond acceptors (Lipinski definition) is 2. The van der Waals surface area contributed by atoms with E-state index in [1.807, 2.05) is 0 Å². The highest BCUT2D eigenvalue weighted by Crippen LogP contribution is 2.35. The molecule has 2 nitrogen and oxygen atoms in total. The molecular weight excluding hydrogens is 208 g/mol. The molecule has 2 heteroatoms. The predicted octanol–water partition coefficient (Wildman–Crippen LogP) is 2.00. The normalized spacial score (nSPS) is 32.9. The fraction of sp³-hybridized carbons (Fsp3) is 0.600. The first-order valence-corrected chi connectivity index (χ1v) is 6.78. The van der Waals surface area contributed by atoms with E-state index in [0.717, 1.165) is 18.4 Å². The third-order valence-electron chi connectivity index (χ3n) is 4.21. The fourth-order valence-electron chi connectivity index (χ4n) is 3.50. The van der Waals surface area contributed by atoms with E-state index in [4.69, 9.17) is 5.73 Å². The summed E-state index contributed by atoms with van der Waals surface area (Å²) in [6.45, 7) is 5.84. The van der Waals surface area contributed by atoms with Crippen LogP contribution in [0.2, 0.25) is 0 Å². The molecule has 3 unspecified atom stereocenters. The van der Waals surface area contributed by atoms with Gasteiger partial charge >= 0.3 is 0 Å². The van der Waals surface area contributed by atoms with Crippen molar-refractivity contribution in [3.05, 3.63) is 35.4 Å². The van der Waals surface area contributed by atoms with Crippen LogP contribution >= 0.6 is 0 Å². The van der Waals surface area contributed by atoms with E-state index in [1.54, 1.807) is 11.1 Å². The summed E-state index contributed by atoms with van der Waals surface area (Å²) in [7, 11) is 0. The molecule has 2 N–H and O–H groups in total. The maximum Gasteiger partial charge on any atom is 0.0170 e. The van der Waals surface area contributed by atoms with Gasteiger partial charge in [0.1, 0.15) is 0 Å². The number of nitrogens with zero attached hydrogens (tertiary/aromatic N) is 1. The molecule has 0 aromatic heterocycles. The summed E-state index contributed by atoms with van der Waals surface area (Å²) in [4.78, 5) is 2.57. The lowest BCUT2D eigenvalue weighted by atomic mass is 9.77. The Bertz CT molecular complexity index is 392. The largest absolute Gasteiger partial charge is 0.327 e. The minimum Gasteiger partial charge on any atom is -0.327 e. The van der Waals surface area contributed by atoms with Gasteiger partial charge in [0.05, 0.1) is 0 Å². The minimum atomic E-state index is 0.383. The van der Waals surface area contributed by atoms with Gasteiger partial charge in [0.2, 0.25) is 0 Å². The first-order valence-electron chi connectivity index (χ1n) is 6.78. The van der Waals surface area contributed by atoms with E-state index >= 15 is 0 Å². The molecule has 0 bridgehead atoms. The van der Waals surface area contributed by atoms with Crippen molar-refractivity contribution >= 4 is 0 Å². The third-order valence-corrected chi connectivity index (χ3v) is 4.21. The molecule has 1 aromatic rings. The van der Waals surface area contributed by atoms with Crippen molar-refractivity contribution in [2.75, 3.05) is 19.6 Å². The van der Waals surface area contributed by atoms with Crippen molar-refractivity contribution in [3.63, 3.8) is 0 Å². The lowest BCUT2D eigenvalue weighted by Gasteiger charge is -2.40. The van der Waals surface area contributed by atoms with Gasteiger partial charge in [0.15, 0.2) is 0 Å². The van der Waals surface area contributed by atoms with Crippen LogP contribution in [0.25, 0.3) is 0 Å². The average Bonchev–Trinajstić information content (AvgIpc) is 2.24. The molecule has 1 aromatic carbocycles. The van der Waals surface area contributed by atoms with E-state index in [9.17, 15) is 0 Å². The molecule has 3 atom stereocenters.